The maximum atomic E-state index is 12.0. The fourth-order valence-corrected chi connectivity index (χ4v) is 10.8. The zero-order valence-corrected chi connectivity index (χ0v) is 22.9. The van der Waals surface area contributed by atoms with Crippen molar-refractivity contribution < 1.29 is 22.2 Å². The van der Waals surface area contributed by atoms with Gasteiger partial charge >= 0.3 is 153 Å². The fourth-order valence-electron chi connectivity index (χ4n) is 3.24. The molecule has 5 nitrogen and oxygen atoms in total. The molecule has 0 unspecified atom stereocenters. The van der Waals surface area contributed by atoms with Crippen LogP contribution in [0.15, 0.2) is 12.2 Å². The Labute approximate surface area is 191 Å². The summed E-state index contributed by atoms with van der Waals surface area (Å²) in [7, 11) is 0. The van der Waals surface area contributed by atoms with Crippen LogP contribution in [0.3, 0.4) is 0 Å². The molecule has 0 fully saturated rings. The van der Waals surface area contributed by atoms with Crippen LogP contribution in [0.4, 0.5) is 0 Å². The SMILES string of the molecule is CCCCCCCCCCCC(=O)OC(=O)/C=C\C(=O)[O][SnH]([CH2]CCC)[CH2]CCC. The Kier molecular flexibility index (Phi) is 20.8. The molecule has 0 aromatic rings. The van der Waals surface area contributed by atoms with Gasteiger partial charge in [-0.2, -0.15) is 0 Å². The van der Waals surface area contributed by atoms with E-state index >= 15 is 0 Å². The van der Waals surface area contributed by atoms with Crippen molar-refractivity contribution in [2.75, 3.05) is 0 Å². The zero-order valence-electron chi connectivity index (χ0n) is 19.6. The van der Waals surface area contributed by atoms with Crippen LogP contribution in [0.1, 0.15) is 111 Å². The predicted molar refractivity (Wildman–Crippen MR) is 125 cm³/mol. The van der Waals surface area contributed by atoms with E-state index in [1.807, 2.05) is 0 Å². The Morgan fingerprint density at radius 2 is 1.10 bits per heavy atom. The first-order valence-electron chi connectivity index (χ1n) is 12.2. The average molecular weight is 531 g/mol. The molecule has 0 aliphatic rings. The molecule has 174 valence electrons. The van der Waals surface area contributed by atoms with E-state index < -0.39 is 38.1 Å². The minimum absolute atomic E-state index is 0.242. The van der Waals surface area contributed by atoms with Gasteiger partial charge in [0.1, 0.15) is 0 Å². The van der Waals surface area contributed by atoms with E-state index in [2.05, 4.69) is 20.8 Å². The number of ether oxygens (including phenoxy) is 1. The maximum absolute atomic E-state index is 12.0. The third-order valence-corrected chi connectivity index (χ3v) is 12.7. The van der Waals surface area contributed by atoms with Gasteiger partial charge < -0.3 is 0 Å². The first-order valence-corrected chi connectivity index (χ1v) is 18.2. The van der Waals surface area contributed by atoms with Crippen LogP contribution in [0.2, 0.25) is 8.87 Å². The molecule has 0 saturated heterocycles. The van der Waals surface area contributed by atoms with E-state index in [4.69, 9.17) is 7.81 Å². The first-order chi connectivity index (χ1) is 14.5. The van der Waals surface area contributed by atoms with Gasteiger partial charge in [-0.25, -0.2) is 0 Å². The number of esters is 2. The van der Waals surface area contributed by atoms with Crippen molar-refractivity contribution >= 4 is 38.1 Å². The van der Waals surface area contributed by atoms with Crippen LogP contribution < -0.4 is 0 Å². The van der Waals surface area contributed by atoms with Crippen LogP contribution in [-0.2, 0) is 22.2 Å². The quantitative estimate of drug-likeness (QED) is 0.0635. The van der Waals surface area contributed by atoms with E-state index in [0.717, 1.165) is 66.0 Å². The van der Waals surface area contributed by atoms with Crippen molar-refractivity contribution in [2.24, 2.45) is 0 Å². The molecule has 0 bridgehead atoms. The molecule has 0 aromatic heterocycles. The molecule has 0 spiro atoms. The van der Waals surface area contributed by atoms with Gasteiger partial charge in [0.2, 0.25) is 0 Å². The third-order valence-electron chi connectivity index (χ3n) is 5.10. The van der Waals surface area contributed by atoms with Crippen molar-refractivity contribution in [1.82, 2.24) is 0 Å². The summed E-state index contributed by atoms with van der Waals surface area (Å²) in [5.41, 5.74) is 0. The molecular weight excluding hydrogens is 487 g/mol. The van der Waals surface area contributed by atoms with Gasteiger partial charge in [0.25, 0.3) is 0 Å². The van der Waals surface area contributed by atoms with Gasteiger partial charge in [0.05, 0.1) is 0 Å². The number of carbonyl (C=O) groups is 3. The summed E-state index contributed by atoms with van der Waals surface area (Å²) in [5.74, 6) is -1.78. The molecule has 0 N–H and O–H groups in total. The molecule has 0 atom stereocenters. The van der Waals surface area contributed by atoms with Crippen LogP contribution in [0.5, 0.6) is 0 Å². The monoisotopic (exact) mass is 532 g/mol. The Balaban J connectivity index is 3.95. The van der Waals surface area contributed by atoms with Gasteiger partial charge in [-0.1, -0.05) is 39.0 Å². The molecule has 30 heavy (non-hydrogen) atoms. The van der Waals surface area contributed by atoms with Gasteiger partial charge in [-0.3, -0.25) is 0 Å². The second-order valence-corrected chi connectivity index (χ2v) is 15.6. The van der Waals surface area contributed by atoms with Crippen molar-refractivity contribution in [3.63, 3.8) is 0 Å². The van der Waals surface area contributed by atoms with Crippen molar-refractivity contribution in [2.45, 2.75) is 120 Å². The van der Waals surface area contributed by atoms with E-state index in [0.29, 0.717) is 0 Å². The summed E-state index contributed by atoms with van der Waals surface area (Å²) in [5, 5.41) is 0. The topological polar surface area (TPSA) is 69.7 Å². The molecule has 0 rings (SSSR count). The molecule has 0 aliphatic heterocycles. The van der Waals surface area contributed by atoms with Gasteiger partial charge in [0.15, 0.2) is 0 Å². The summed E-state index contributed by atoms with van der Waals surface area (Å²) in [6.07, 6.45) is 17.2. The second kappa shape index (κ2) is 21.4. The zero-order chi connectivity index (χ0) is 22.5. The molecule has 0 aliphatic carbocycles. The Morgan fingerprint density at radius 3 is 1.63 bits per heavy atom. The van der Waals surface area contributed by atoms with Gasteiger partial charge in [-0.05, 0) is 0 Å². The van der Waals surface area contributed by atoms with Gasteiger partial charge in [0, 0.05) is 0 Å². The van der Waals surface area contributed by atoms with E-state index in [1.54, 1.807) is 0 Å². The molecular formula is C24H44O5Sn. The Bertz CT molecular complexity index is 482. The van der Waals surface area contributed by atoms with Crippen molar-refractivity contribution in [1.29, 1.82) is 0 Å². The number of carbonyl (C=O) groups excluding carboxylic acids is 3. The summed E-state index contributed by atoms with van der Waals surface area (Å²) < 4.78 is 12.5. The van der Waals surface area contributed by atoms with E-state index in [1.165, 1.54) is 38.5 Å². The molecule has 0 radical (unpaired) electrons. The second-order valence-electron chi connectivity index (χ2n) is 8.05. The number of hydrogen-bond donors (Lipinski definition) is 0. The molecule has 0 amide bonds. The van der Waals surface area contributed by atoms with E-state index in [9.17, 15) is 14.4 Å². The van der Waals surface area contributed by atoms with E-state index in [-0.39, 0.29) is 6.42 Å². The van der Waals surface area contributed by atoms with Crippen LogP contribution >= 0.6 is 0 Å². The van der Waals surface area contributed by atoms with Crippen LogP contribution in [-0.4, -0.2) is 38.1 Å². The third kappa shape index (κ3) is 19.1. The summed E-state index contributed by atoms with van der Waals surface area (Å²) >= 11 is -2.32. The van der Waals surface area contributed by atoms with Gasteiger partial charge in [-0.15, -0.1) is 0 Å². The average Bonchev–Trinajstić information content (AvgIpc) is 2.73. The van der Waals surface area contributed by atoms with Crippen LogP contribution in [0, 0.1) is 0 Å². The van der Waals surface area contributed by atoms with Crippen molar-refractivity contribution in [3.05, 3.63) is 12.2 Å². The first kappa shape index (κ1) is 29.1. The normalized spacial score (nSPS) is 11.2. The molecule has 0 heterocycles. The Morgan fingerprint density at radius 1 is 0.633 bits per heavy atom. The minimum atomic E-state index is -2.32. The molecule has 6 heteroatoms. The van der Waals surface area contributed by atoms with Crippen molar-refractivity contribution in [3.8, 4) is 0 Å². The Hall–Kier alpha value is -0.851. The summed E-state index contributed by atoms with van der Waals surface area (Å²) in [6, 6.07) is 0. The predicted octanol–water partition coefficient (Wildman–Crippen LogP) is 6.40. The number of unbranched alkanes of at least 4 members (excludes halogenated alkanes) is 10. The summed E-state index contributed by atoms with van der Waals surface area (Å²) in [4.78, 5) is 35.4. The van der Waals surface area contributed by atoms with Crippen LogP contribution in [0.25, 0.3) is 0 Å². The standard InChI is InChI=1S/C16H26O5.2C4H9.Sn.H/c1-2-3-4-5-6-7-8-9-10-11-15(19)21-16(20)13-12-14(17)18;2*1-3-4-2;;/h12-13H,2-11H2,1H3,(H,17,18);2*1,3-4H2,2H3;;/q;;;+1;/p-1/b13-12-;;;;. The number of rotatable bonds is 19. The molecule has 0 aromatic carbocycles. The fraction of sp³-hybridized carbons (Fsp3) is 0.792. The summed E-state index contributed by atoms with van der Waals surface area (Å²) in [6.45, 7) is 6.48. The number of hydrogen-bond acceptors (Lipinski definition) is 5. The molecule has 0 saturated carbocycles.